The average molecular weight is 481 g/mol. The van der Waals surface area contributed by atoms with Gasteiger partial charge in [-0.25, -0.2) is 4.39 Å². The van der Waals surface area contributed by atoms with Gasteiger partial charge in [-0.15, -0.1) is 10.2 Å². The Morgan fingerprint density at radius 3 is 2.71 bits per heavy atom. The van der Waals surface area contributed by atoms with Crippen LogP contribution in [0.3, 0.4) is 0 Å². The van der Waals surface area contributed by atoms with E-state index in [0.29, 0.717) is 29.8 Å². The highest BCUT2D eigenvalue weighted by atomic mass is 32.2. The largest absolute Gasteiger partial charge is 0.486 e. The molecule has 1 saturated carbocycles. The molecule has 0 bridgehead atoms. The van der Waals surface area contributed by atoms with E-state index < -0.39 is 0 Å². The number of rotatable bonds is 6. The zero-order chi connectivity index (χ0) is 23.1. The summed E-state index contributed by atoms with van der Waals surface area (Å²) in [7, 11) is 0. The highest BCUT2D eigenvalue weighted by Gasteiger charge is 2.33. The predicted octanol–water partition coefficient (Wildman–Crippen LogP) is 4.65. The molecule has 0 unspecified atom stereocenters. The molecule has 3 aliphatic rings. The van der Waals surface area contributed by atoms with Gasteiger partial charge >= 0.3 is 0 Å². The Morgan fingerprint density at radius 1 is 1.06 bits per heavy atom. The van der Waals surface area contributed by atoms with Gasteiger partial charge in [-0.2, -0.15) is 0 Å². The Labute approximate surface area is 201 Å². The quantitative estimate of drug-likeness (QED) is 0.479. The summed E-state index contributed by atoms with van der Waals surface area (Å²) in [4.78, 5) is 15.2. The molecule has 3 heterocycles. The van der Waals surface area contributed by atoms with Gasteiger partial charge in [0.05, 0.1) is 17.4 Å². The molecule has 1 aromatic heterocycles. The van der Waals surface area contributed by atoms with Crippen molar-refractivity contribution in [1.29, 1.82) is 0 Å². The number of amides is 1. The molecule has 2 fully saturated rings. The summed E-state index contributed by atoms with van der Waals surface area (Å²) in [5.41, 5.74) is 1.52. The van der Waals surface area contributed by atoms with Crippen molar-refractivity contribution >= 4 is 17.7 Å². The molecule has 176 valence electrons. The van der Waals surface area contributed by atoms with Crippen LogP contribution in [0.5, 0.6) is 11.5 Å². The van der Waals surface area contributed by atoms with Crippen LogP contribution in [-0.4, -0.2) is 51.1 Å². The number of halogens is 1. The summed E-state index contributed by atoms with van der Waals surface area (Å²) in [6, 6.07) is 12.9. The van der Waals surface area contributed by atoms with Crippen molar-refractivity contribution in [2.24, 2.45) is 0 Å². The van der Waals surface area contributed by atoms with Crippen molar-refractivity contribution < 1.29 is 18.7 Å². The standard InChI is InChI=1S/C25H25FN4O3S/c26-19-5-2-1-4-18(19)24-27-28-25(30(24)17-8-9-17)34-15-23(31)29-11-3-6-20(29)16-7-10-21-22(14-16)33-13-12-32-21/h1-2,4-5,7,10,14,17,20H,3,6,8-9,11-13,15H2/t20-/m0/s1. The van der Waals surface area contributed by atoms with Crippen LogP contribution in [0.25, 0.3) is 11.4 Å². The van der Waals surface area contributed by atoms with Crippen molar-refractivity contribution in [1.82, 2.24) is 19.7 Å². The third-order valence-electron chi connectivity index (χ3n) is 6.54. The first-order valence-corrected chi connectivity index (χ1v) is 12.7. The number of hydrogen-bond acceptors (Lipinski definition) is 6. The summed E-state index contributed by atoms with van der Waals surface area (Å²) in [6.45, 7) is 1.83. The number of likely N-dealkylation sites (tertiary alicyclic amines) is 1. The van der Waals surface area contributed by atoms with Crippen LogP contribution in [0.2, 0.25) is 0 Å². The van der Waals surface area contributed by atoms with E-state index in [9.17, 15) is 9.18 Å². The van der Waals surface area contributed by atoms with E-state index >= 15 is 0 Å². The molecule has 1 amide bonds. The van der Waals surface area contributed by atoms with E-state index in [2.05, 4.69) is 10.2 Å². The van der Waals surface area contributed by atoms with Crippen molar-refractivity contribution in [3.63, 3.8) is 0 Å². The first-order chi connectivity index (χ1) is 16.7. The summed E-state index contributed by atoms with van der Waals surface area (Å²) in [5.74, 6) is 2.06. The first kappa shape index (κ1) is 21.5. The highest BCUT2D eigenvalue weighted by molar-refractivity contribution is 7.99. The van der Waals surface area contributed by atoms with Crippen LogP contribution >= 0.6 is 11.8 Å². The van der Waals surface area contributed by atoms with Gasteiger partial charge in [0.2, 0.25) is 5.91 Å². The smallest absolute Gasteiger partial charge is 0.233 e. The maximum atomic E-state index is 14.4. The van der Waals surface area contributed by atoms with Gasteiger partial charge < -0.3 is 14.4 Å². The van der Waals surface area contributed by atoms with Gasteiger partial charge in [0.25, 0.3) is 0 Å². The number of carbonyl (C=O) groups excluding carboxylic acids is 1. The molecule has 1 saturated heterocycles. The fourth-order valence-corrected chi connectivity index (χ4v) is 5.64. The second-order valence-electron chi connectivity index (χ2n) is 8.82. The van der Waals surface area contributed by atoms with Gasteiger partial charge in [0.15, 0.2) is 22.5 Å². The molecular formula is C25H25FN4O3S. The molecule has 1 atom stereocenters. The van der Waals surface area contributed by atoms with Crippen LogP contribution in [0.1, 0.15) is 43.3 Å². The van der Waals surface area contributed by atoms with Crippen molar-refractivity contribution in [3.8, 4) is 22.9 Å². The Morgan fingerprint density at radius 2 is 1.88 bits per heavy atom. The minimum absolute atomic E-state index is 0.0270. The molecule has 6 rings (SSSR count). The lowest BCUT2D eigenvalue weighted by molar-refractivity contribution is -0.129. The van der Waals surface area contributed by atoms with Crippen molar-refractivity contribution in [3.05, 3.63) is 53.8 Å². The molecule has 0 radical (unpaired) electrons. The lowest BCUT2D eigenvalue weighted by Crippen LogP contribution is -2.32. The molecule has 2 aliphatic heterocycles. The number of thioether (sulfide) groups is 1. The molecule has 9 heteroatoms. The second kappa shape index (κ2) is 8.94. The number of benzene rings is 2. The van der Waals surface area contributed by atoms with Crippen LogP contribution in [-0.2, 0) is 4.79 Å². The van der Waals surface area contributed by atoms with Gasteiger partial charge in [-0.05, 0) is 55.5 Å². The maximum absolute atomic E-state index is 14.4. The molecule has 3 aromatic rings. The van der Waals surface area contributed by atoms with E-state index in [-0.39, 0.29) is 29.6 Å². The molecule has 0 N–H and O–H groups in total. The van der Waals surface area contributed by atoms with Crippen LogP contribution < -0.4 is 9.47 Å². The summed E-state index contributed by atoms with van der Waals surface area (Å²) < 4.78 is 27.8. The Bertz CT molecular complexity index is 1230. The molecule has 34 heavy (non-hydrogen) atoms. The molecule has 2 aromatic carbocycles. The van der Waals surface area contributed by atoms with Crippen LogP contribution in [0.15, 0.2) is 47.6 Å². The summed E-state index contributed by atoms with van der Waals surface area (Å²) in [6.07, 6.45) is 3.91. The number of hydrogen-bond donors (Lipinski definition) is 0. The minimum atomic E-state index is -0.316. The fourth-order valence-electron chi connectivity index (χ4n) is 4.75. The Kier molecular flexibility index (Phi) is 5.64. The Balaban J connectivity index is 1.19. The average Bonchev–Trinajstić information content (AvgIpc) is 3.42. The van der Waals surface area contributed by atoms with Crippen molar-refractivity contribution in [2.75, 3.05) is 25.5 Å². The number of fused-ring (bicyclic) bond motifs is 1. The number of nitrogens with zero attached hydrogens (tertiary/aromatic N) is 4. The van der Waals surface area contributed by atoms with E-state index in [1.165, 1.54) is 17.8 Å². The van der Waals surface area contributed by atoms with Gasteiger partial charge in [-0.1, -0.05) is 30.0 Å². The molecular weight excluding hydrogens is 455 g/mol. The molecule has 7 nitrogen and oxygen atoms in total. The third kappa shape index (κ3) is 4.02. The normalized spacial score (nSPS) is 19.4. The zero-order valence-corrected chi connectivity index (χ0v) is 19.5. The van der Waals surface area contributed by atoms with Gasteiger partial charge in [-0.3, -0.25) is 9.36 Å². The SMILES string of the molecule is O=C(CSc1nnc(-c2ccccc2F)n1C1CC1)N1CCC[C@H]1c1ccc2c(c1)OCCO2. The number of carbonyl (C=O) groups is 1. The first-order valence-electron chi connectivity index (χ1n) is 11.7. The minimum Gasteiger partial charge on any atom is -0.486 e. The lowest BCUT2D eigenvalue weighted by atomic mass is 10.0. The Hall–Kier alpha value is -3.07. The van der Waals surface area contributed by atoms with E-state index in [1.54, 1.807) is 18.2 Å². The third-order valence-corrected chi connectivity index (χ3v) is 7.47. The fraction of sp³-hybridized carbons (Fsp3) is 0.400. The van der Waals surface area contributed by atoms with Crippen molar-refractivity contribution in [2.45, 2.75) is 42.9 Å². The summed E-state index contributed by atoms with van der Waals surface area (Å²) in [5, 5.41) is 9.29. The van der Waals surface area contributed by atoms with E-state index in [0.717, 1.165) is 49.3 Å². The summed E-state index contributed by atoms with van der Waals surface area (Å²) >= 11 is 1.38. The van der Waals surface area contributed by atoms with E-state index in [4.69, 9.17) is 9.47 Å². The van der Waals surface area contributed by atoms with Crippen LogP contribution in [0.4, 0.5) is 4.39 Å². The topological polar surface area (TPSA) is 69.5 Å². The number of ether oxygens (including phenoxy) is 2. The molecule has 1 aliphatic carbocycles. The van der Waals surface area contributed by atoms with Crippen LogP contribution in [0, 0.1) is 5.82 Å². The second-order valence-corrected chi connectivity index (χ2v) is 9.77. The van der Waals surface area contributed by atoms with Gasteiger partial charge in [0.1, 0.15) is 19.0 Å². The molecule has 0 spiro atoms. The van der Waals surface area contributed by atoms with E-state index in [1.807, 2.05) is 27.7 Å². The zero-order valence-electron chi connectivity index (χ0n) is 18.7. The highest BCUT2D eigenvalue weighted by Crippen LogP contribution is 2.42. The predicted molar refractivity (Wildman–Crippen MR) is 126 cm³/mol. The monoisotopic (exact) mass is 480 g/mol. The number of aromatic nitrogens is 3. The maximum Gasteiger partial charge on any atom is 0.233 e. The van der Waals surface area contributed by atoms with Gasteiger partial charge in [0, 0.05) is 12.6 Å². The lowest BCUT2D eigenvalue weighted by Gasteiger charge is -2.26.